The Morgan fingerprint density at radius 2 is 1.74 bits per heavy atom. The van der Waals surface area contributed by atoms with Gasteiger partial charge in [-0.2, -0.15) is 0 Å². The second kappa shape index (κ2) is 6.75. The Labute approximate surface area is 118 Å². The van der Waals surface area contributed by atoms with Gasteiger partial charge in [0, 0.05) is 17.8 Å². The lowest BCUT2D eigenvalue weighted by Crippen LogP contribution is -2.27. The Balaban J connectivity index is 1.90. The average Bonchev–Trinajstić information content (AvgIpc) is 2.46. The number of ether oxygens (including phenoxy) is 1. The lowest BCUT2D eigenvalue weighted by Gasteiger charge is -2.12. The molecule has 0 aliphatic rings. The maximum absolute atomic E-state index is 5.29. The van der Waals surface area contributed by atoms with Crippen molar-refractivity contribution in [1.82, 2.24) is 5.32 Å². The van der Waals surface area contributed by atoms with Crippen molar-refractivity contribution in [2.24, 2.45) is 0 Å². The Morgan fingerprint density at radius 1 is 1.05 bits per heavy atom. The predicted molar refractivity (Wildman–Crippen MR) is 82.5 cm³/mol. The molecule has 19 heavy (non-hydrogen) atoms. The van der Waals surface area contributed by atoms with E-state index in [9.17, 15) is 0 Å². The van der Waals surface area contributed by atoms with Crippen LogP contribution in [-0.2, 0) is 6.54 Å². The van der Waals surface area contributed by atoms with E-state index in [0.29, 0.717) is 11.7 Å². The van der Waals surface area contributed by atoms with E-state index in [1.807, 2.05) is 54.6 Å². The third-order valence-corrected chi connectivity index (χ3v) is 2.91. The zero-order valence-corrected chi connectivity index (χ0v) is 11.5. The zero-order valence-electron chi connectivity index (χ0n) is 10.7. The number of nitrogens with one attached hydrogen (secondary N) is 2. The minimum atomic E-state index is 0.595. The van der Waals surface area contributed by atoms with Gasteiger partial charge in [-0.1, -0.05) is 36.4 Å². The Kier molecular flexibility index (Phi) is 4.75. The van der Waals surface area contributed by atoms with Gasteiger partial charge in [-0.15, -0.1) is 0 Å². The van der Waals surface area contributed by atoms with Gasteiger partial charge in [-0.25, -0.2) is 0 Å². The maximum Gasteiger partial charge on any atom is 0.171 e. The van der Waals surface area contributed by atoms with Gasteiger partial charge in [0.25, 0.3) is 0 Å². The number of methoxy groups -OCH3 is 1. The number of hydrogen-bond acceptors (Lipinski definition) is 2. The summed E-state index contributed by atoms with van der Waals surface area (Å²) in [6.45, 7) is 0.628. The van der Waals surface area contributed by atoms with Crippen molar-refractivity contribution in [3.05, 3.63) is 60.2 Å². The summed E-state index contributed by atoms with van der Waals surface area (Å²) in [7, 11) is 1.67. The molecule has 2 rings (SSSR count). The first-order valence-electron chi connectivity index (χ1n) is 6.01. The first-order valence-corrected chi connectivity index (χ1v) is 6.42. The van der Waals surface area contributed by atoms with Crippen molar-refractivity contribution < 1.29 is 4.74 Å². The fraction of sp³-hybridized carbons (Fsp3) is 0.133. The van der Waals surface area contributed by atoms with E-state index in [4.69, 9.17) is 17.0 Å². The van der Waals surface area contributed by atoms with Gasteiger partial charge >= 0.3 is 0 Å². The van der Waals surface area contributed by atoms with Crippen LogP contribution in [0.15, 0.2) is 54.6 Å². The molecule has 0 spiro atoms. The SMILES string of the molecule is COc1ccccc1CNC(=S)Nc1ccccc1. The van der Waals surface area contributed by atoms with Crippen molar-refractivity contribution in [1.29, 1.82) is 0 Å². The molecule has 0 saturated carbocycles. The molecule has 2 aromatic carbocycles. The van der Waals surface area contributed by atoms with E-state index in [1.54, 1.807) is 7.11 Å². The van der Waals surface area contributed by atoms with E-state index in [0.717, 1.165) is 17.0 Å². The molecule has 0 radical (unpaired) electrons. The Bertz CT molecular complexity index is 543. The van der Waals surface area contributed by atoms with E-state index >= 15 is 0 Å². The Morgan fingerprint density at radius 3 is 2.47 bits per heavy atom. The number of anilines is 1. The van der Waals surface area contributed by atoms with Crippen LogP contribution in [0, 0.1) is 0 Å². The molecule has 2 aromatic rings. The Hall–Kier alpha value is -2.07. The molecule has 0 atom stereocenters. The summed E-state index contributed by atoms with van der Waals surface area (Å²) < 4.78 is 5.29. The molecular formula is C15H16N2OS. The average molecular weight is 272 g/mol. The summed E-state index contributed by atoms with van der Waals surface area (Å²) >= 11 is 5.25. The fourth-order valence-corrected chi connectivity index (χ4v) is 1.91. The smallest absolute Gasteiger partial charge is 0.171 e. The van der Waals surface area contributed by atoms with Gasteiger partial charge in [0.1, 0.15) is 5.75 Å². The van der Waals surface area contributed by atoms with Crippen molar-refractivity contribution >= 4 is 23.0 Å². The number of thiocarbonyl (C=S) groups is 1. The molecule has 0 unspecified atom stereocenters. The molecular weight excluding hydrogens is 256 g/mol. The molecule has 0 aliphatic carbocycles. The summed E-state index contributed by atoms with van der Waals surface area (Å²) in [6, 6.07) is 17.7. The molecule has 4 heteroatoms. The van der Waals surface area contributed by atoms with Gasteiger partial charge in [-0.05, 0) is 30.4 Å². The number of benzene rings is 2. The van der Waals surface area contributed by atoms with Crippen LogP contribution in [0.2, 0.25) is 0 Å². The minimum Gasteiger partial charge on any atom is -0.496 e. The molecule has 3 nitrogen and oxygen atoms in total. The van der Waals surface area contributed by atoms with E-state index < -0.39 is 0 Å². The number of rotatable bonds is 4. The lowest BCUT2D eigenvalue weighted by atomic mass is 10.2. The first-order chi connectivity index (χ1) is 9.29. The van der Waals surface area contributed by atoms with E-state index in [1.165, 1.54) is 0 Å². The molecule has 0 aromatic heterocycles. The van der Waals surface area contributed by atoms with Crippen LogP contribution in [-0.4, -0.2) is 12.2 Å². The van der Waals surface area contributed by atoms with Crippen LogP contribution in [0.1, 0.15) is 5.56 Å². The molecule has 0 amide bonds. The molecule has 0 bridgehead atoms. The summed E-state index contributed by atoms with van der Waals surface area (Å²) in [5.74, 6) is 0.859. The molecule has 98 valence electrons. The van der Waals surface area contributed by atoms with Gasteiger partial charge in [0.05, 0.1) is 7.11 Å². The second-order valence-corrected chi connectivity index (χ2v) is 4.39. The normalized spacial score (nSPS) is 9.74. The molecule has 0 fully saturated rings. The largest absolute Gasteiger partial charge is 0.496 e. The minimum absolute atomic E-state index is 0.595. The predicted octanol–water partition coefficient (Wildman–Crippen LogP) is 3.18. The van der Waals surface area contributed by atoms with Crippen LogP contribution in [0.4, 0.5) is 5.69 Å². The second-order valence-electron chi connectivity index (χ2n) is 3.99. The van der Waals surface area contributed by atoms with Gasteiger partial charge in [0.2, 0.25) is 0 Å². The third-order valence-electron chi connectivity index (χ3n) is 2.66. The summed E-state index contributed by atoms with van der Waals surface area (Å²) in [5, 5.41) is 6.89. The van der Waals surface area contributed by atoms with Crippen LogP contribution < -0.4 is 15.4 Å². The highest BCUT2D eigenvalue weighted by atomic mass is 32.1. The van der Waals surface area contributed by atoms with E-state index in [2.05, 4.69) is 10.6 Å². The monoisotopic (exact) mass is 272 g/mol. The van der Waals surface area contributed by atoms with Gasteiger partial charge in [0.15, 0.2) is 5.11 Å². The van der Waals surface area contributed by atoms with Crippen LogP contribution >= 0.6 is 12.2 Å². The van der Waals surface area contributed by atoms with Crippen molar-refractivity contribution in [3.8, 4) is 5.75 Å². The van der Waals surface area contributed by atoms with Crippen LogP contribution in [0.5, 0.6) is 5.75 Å². The first kappa shape index (κ1) is 13.4. The van der Waals surface area contributed by atoms with Gasteiger partial charge < -0.3 is 15.4 Å². The third kappa shape index (κ3) is 3.96. The van der Waals surface area contributed by atoms with Crippen LogP contribution in [0.3, 0.4) is 0 Å². The fourth-order valence-electron chi connectivity index (χ4n) is 1.72. The highest BCUT2D eigenvalue weighted by Gasteiger charge is 2.02. The summed E-state index contributed by atoms with van der Waals surface area (Å²) in [4.78, 5) is 0. The number of hydrogen-bond donors (Lipinski definition) is 2. The highest BCUT2D eigenvalue weighted by Crippen LogP contribution is 2.16. The van der Waals surface area contributed by atoms with Crippen molar-refractivity contribution in [2.75, 3.05) is 12.4 Å². The highest BCUT2D eigenvalue weighted by molar-refractivity contribution is 7.80. The molecule has 0 heterocycles. The topological polar surface area (TPSA) is 33.3 Å². The standard InChI is InChI=1S/C15H16N2OS/c1-18-14-10-6-5-7-12(14)11-16-15(19)17-13-8-3-2-4-9-13/h2-10H,11H2,1H3,(H2,16,17,19). The summed E-state index contributed by atoms with van der Waals surface area (Å²) in [5.41, 5.74) is 2.04. The van der Waals surface area contributed by atoms with Gasteiger partial charge in [-0.3, -0.25) is 0 Å². The quantitative estimate of drug-likeness (QED) is 0.838. The van der Waals surface area contributed by atoms with Crippen molar-refractivity contribution in [2.45, 2.75) is 6.54 Å². The molecule has 0 saturated heterocycles. The van der Waals surface area contributed by atoms with E-state index in [-0.39, 0.29) is 0 Å². The molecule has 2 N–H and O–H groups in total. The van der Waals surface area contributed by atoms with Crippen LogP contribution in [0.25, 0.3) is 0 Å². The number of para-hydroxylation sites is 2. The lowest BCUT2D eigenvalue weighted by molar-refractivity contribution is 0.409. The maximum atomic E-state index is 5.29. The summed E-state index contributed by atoms with van der Waals surface area (Å²) in [6.07, 6.45) is 0. The molecule has 0 aliphatic heterocycles. The zero-order chi connectivity index (χ0) is 13.5. The van der Waals surface area contributed by atoms with Crippen molar-refractivity contribution in [3.63, 3.8) is 0 Å².